The summed E-state index contributed by atoms with van der Waals surface area (Å²) in [6.45, 7) is 0. The van der Waals surface area contributed by atoms with Gasteiger partial charge in [-0.25, -0.2) is 0 Å². The fourth-order valence-electron chi connectivity index (χ4n) is 5.68. The fourth-order valence-corrected chi connectivity index (χ4v) is 6.97. The second-order valence-electron chi connectivity index (χ2n) is 9.54. The minimum atomic E-state index is 0.790. The first kappa shape index (κ1) is 20.6. The Morgan fingerprint density at radius 2 is 1.30 bits per heavy atom. The molecule has 2 heterocycles. The molecule has 0 aliphatic rings. The molecule has 0 atom stereocenters. The maximum absolute atomic E-state index is 6.76. The van der Waals surface area contributed by atoms with Gasteiger partial charge in [-0.3, -0.25) is 0 Å². The number of furan rings is 1. The van der Waals surface area contributed by atoms with Crippen molar-refractivity contribution in [2.45, 2.75) is 0 Å². The van der Waals surface area contributed by atoms with E-state index < -0.39 is 0 Å². The average Bonchev–Trinajstić information content (AvgIpc) is 3.53. The Labute approximate surface area is 217 Å². The number of benzene rings is 6. The van der Waals surface area contributed by atoms with E-state index in [4.69, 9.17) is 10.2 Å². The number of para-hydroxylation sites is 1. The molecule has 0 aliphatic carbocycles. The molecule has 2 N–H and O–H groups in total. The maximum atomic E-state index is 6.76. The number of nitrogen functional groups attached to an aromatic ring is 1. The van der Waals surface area contributed by atoms with E-state index in [9.17, 15) is 0 Å². The van der Waals surface area contributed by atoms with Gasteiger partial charge in [0.25, 0.3) is 0 Å². The molecule has 0 unspecified atom stereocenters. The zero-order valence-electron chi connectivity index (χ0n) is 19.9. The molecule has 0 radical (unpaired) electrons. The molecule has 0 amide bonds. The fraction of sp³-hybridized carbons (Fsp3) is 0. The number of thiophene rings is 1. The number of hydrogen-bond acceptors (Lipinski definition) is 3. The largest absolute Gasteiger partial charge is 0.455 e. The summed E-state index contributed by atoms with van der Waals surface area (Å²) in [6, 6.07) is 40.7. The second-order valence-corrected chi connectivity index (χ2v) is 10.6. The van der Waals surface area contributed by atoms with Crippen molar-refractivity contribution in [1.29, 1.82) is 0 Å². The Balaban J connectivity index is 1.56. The van der Waals surface area contributed by atoms with E-state index >= 15 is 0 Å². The summed E-state index contributed by atoms with van der Waals surface area (Å²) in [5.74, 6) is 0. The zero-order valence-corrected chi connectivity index (χ0v) is 20.7. The van der Waals surface area contributed by atoms with E-state index in [1.807, 2.05) is 12.1 Å². The molecule has 0 fully saturated rings. The van der Waals surface area contributed by atoms with Crippen LogP contribution in [-0.4, -0.2) is 0 Å². The zero-order chi connectivity index (χ0) is 24.5. The van der Waals surface area contributed by atoms with Crippen LogP contribution in [-0.2, 0) is 0 Å². The van der Waals surface area contributed by atoms with Gasteiger partial charge < -0.3 is 10.2 Å². The summed E-state index contributed by atoms with van der Waals surface area (Å²) in [4.78, 5) is 0. The van der Waals surface area contributed by atoms with Gasteiger partial charge in [-0.05, 0) is 51.2 Å². The van der Waals surface area contributed by atoms with Crippen LogP contribution in [0.5, 0.6) is 0 Å². The van der Waals surface area contributed by atoms with Crippen molar-refractivity contribution in [2.75, 3.05) is 5.73 Å². The van der Waals surface area contributed by atoms with Gasteiger partial charge in [-0.1, -0.05) is 97.1 Å². The van der Waals surface area contributed by atoms with Crippen LogP contribution >= 0.6 is 11.3 Å². The predicted octanol–water partition coefficient (Wildman–Crippen LogP) is 10.0. The minimum Gasteiger partial charge on any atom is -0.455 e. The molecule has 0 bridgehead atoms. The molecule has 3 heteroatoms. The highest BCUT2D eigenvalue weighted by Crippen LogP contribution is 2.50. The van der Waals surface area contributed by atoms with E-state index in [1.165, 1.54) is 43.1 Å². The van der Waals surface area contributed by atoms with Gasteiger partial charge in [-0.15, -0.1) is 11.3 Å². The van der Waals surface area contributed by atoms with E-state index in [0.717, 1.165) is 37.7 Å². The lowest BCUT2D eigenvalue weighted by molar-refractivity contribution is 0.673. The molecule has 0 saturated carbocycles. The average molecular weight is 492 g/mol. The summed E-state index contributed by atoms with van der Waals surface area (Å²) in [6.07, 6.45) is 0. The molecular weight excluding hydrogens is 470 g/mol. The van der Waals surface area contributed by atoms with Crippen molar-refractivity contribution in [2.24, 2.45) is 0 Å². The van der Waals surface area contributed by atoms with Crippen LogP contribution in [0.25, 0.3) is 75.1 Å². The van der Waals surface area contributed by atoms with Gasteiger partial charge in [0.1, 0.15) is 11.2 Å². The predicted molar refractivity (Wildman–Crippen MR) is 159 cm³/mol. The number of nitrogens with two attached hydrogens (primary N) is 1. The normalized spacial score (nSPS) is 11.9. The Hall–Kier alpha value is -4.60. The van der Waals surface area contributed by atoms with Crippen molar-refractivity contribution in [3.05, 3.63) is 115 Å². The highest BCUT2D eigenvalue weighted by Gasteiger charge is 2.22. The lowest BCUT2D eigenvalue weighted by Crippen LogP contribution is -1.86. The van der Waals surface area contributed by atoms with Gasteiger partial charge in [0.15, 0.2) is 0 Å². The molecule has 174 valence electrons. The van der Waals surface area contributed by atoms with Crippen LogP contribution in [0.4, 0.5) is 5.69 Å². The third-order valence-electron chi connectivity index (χ3n) is 7.41. The standard InChI is InChI=1S/C34H21NOS/c35-28-19-27-26-12-6-7-13-29(26)36-32(27)31-30-24(21-9-2-1-3-10-21)16-17-25(33(30)37-34(28)31)23-15-14-20-8-4-5-11-22(20)18-23/h1-19H,35H2. The van der Waals surface area contributed by atoms with Crippen LogP contribution in [0.2, 0.25) is 0 Å². The highest BCUT2D eigenvalue weighted by atomic mass is 32.1. The van der Waals surface area contributed by atoms with Crippen molar-refractivity contribution < 1.29 is 4.42 Å². The van der Waals surface area contributed by atoms with Gasteiger partial charge >= 0.3 is 0 Å². The Morgan fingerprint density at radius 3 is 2.19 bits per heavy atom. The summed E-state index contributed by atoms with van der Waals surface area (Å²) in [5, 5.41) is 6.95. The molecular formula is C34H21NOS. The van der Waals surface area contributed by atoms with Gasteiger partial charge in [0.05, 0.1) is 10.4 Å². The maximum Gasteiger partial charge on any atom is 0.144 e. The molecule has 0 spiro atoms. The Bertz CT molecular complexity index is 2150. The third kappa shape index (κ3) is 2.98. The Kier molecular flexibility index (Phi) is 4.28. The smallest absolute Gasteiger partial charge is 0.144 e. The van der Waals surface area contributed by atoms with E-state index in [2.05, 4.69) is 103 Å². The first-order valence-electron chi connectivity index (χ1n) is 12.4. The third-order valence-corrected chi connectivity index (χ3v) is 8.68. The molecule has 6 aromatic carbocycles. The first-order chi connectivity index (χ1) is 18.3. The highest BCUT2D eigenvalue weighted by molar-refractivity contribution is 7.27. The van der Waals surface area contributed by atoms with Gasteiger partial charge in [0.2, 0.25) is 0 Å². The quantitative estimate of drug-likeness (QED) is 0.244. The number of rotatable bonds is 2. The van der Waals surface area contributed by atoms with Crippen molar-refractivity contribution in [1.82, 2.24) is 0 Å². The van der Waals surface area contributed by atoms with Crippen LogP contribution < -0.4 is 5.73 Å². The van der Waals surface area contributed by atoms with E-state index in [-0.39, 0.29) is 0 Å². The molecule has 8 aromatic rings. The lowest BCUT2D eigenvalue weighted by Gasteiger charge is -2.10. The second kappa shape index (κ2) is 7.70. The van der Waals surface area contributed by atoms with E-state index in [0.29, 0.717) is 0 Å². The molecule has 0 aliphatic heterocycles. The number of anilines is 1. The first-order valence-corrected chi connectivity index (χ1v) is 13.2. The minimum absolute atomic E-state index is 0.790. The molecule has 0 saturated heterocycles. The Morgan fingerprint density at radius 1 is 0.541 bits per heavy atom. The van der Waals surface area contributed by atoms with E-state index in [1.54, 1.807) is 11.3 Å². The molecule has 2 nitrogen and oxygen atoms in total. The summed E-state index contributed by atoms with van der Waals surface area (Å²) < 4.78 is 8.84. The van der Waals surface area contributed by atoms with Crippen molar-refractivity contribution in [3.8, 4) is 22.3 Å². The van der Waals surface area contributed by atoms with Crippen LogP contribution in [0.1, 0.15) is 0 Å². The summed E-state index contributed by atoms with van der Waals surface area (Å²) in [7, 11) is 0. The molecule has 2 aromatic heterocycles. The summed E-state index contributed by atoms with van der Waals surface area (Å²) in [5.41, 5.74) is 14.1. The molecule has 37 heavy (non-hydrogen) atoms. The van der Waals surface area contributed by atoms with Crippen molar-refractivity contribution >= 4 is 69.9 Å². The van der Waals surface area contributed by atoms with Gasteiger partial charge in [-0.2, -0.15) is 0 Å². The molecule has 8 rings (SSSR count). The van der Waals surface area contributed by atoms with Crippen LogP contribution in [0.15, 0.2) is 120 Å². The van der Waals surface area contributed by atoms with Gasteiger partial charge in [0, 0.05) is 26.2 Å². The number of fused-ring (bicyclic) bond motifs is 8. The number of hydrogen-bond donors (Lipinski definition) is 1. The lowest BCUT2D eigenvalue weighted by atomic mass is 9.93. The van der Waals surface area contributed by atoms with Crippen LogP contribution in [0, 0.1) is 0 Å². The summed E-state index contributed by atoms with van der Waals surface area (Å²) >= 11 is 1.76. The monoisotopic (exact) mass is 491 g/mol. The SMILES string of the molecule is Nc1cc2c3ccccc3oc2c2c1sc1c(-c3ccc4ccccc4c3)ccc(-c3ccccc3)c12. The van der Waals surface area contributed by atoms with Crippen molar-refractivity contribution in [3.63, 3.8) is 0 Å². The van der Waals surface area contributed by atoms with Crippen LogP contribution in [0.3, 0.4) is 0 Å². The topological polar surface area (TPSA) is 39.2 Å².